The number of para-hydroxylation sites is 1. The number of thioether (sulfide) groups is 1. The predicted molar refractivity (Wildman–Crippen MR) is 108 cm³/mol. The molecule has 2 aromatic carbocycles. The van der Waals surface area contributed by atoms with Crippen LogP contribution in [0.25, 0.3) is 5.69 Å². The van der Waals surface area contributed by atoms with Crippen molar-refractivity contribution in [3.8, 4) is 5.69 Å². The van der Waals surface area contributed by atoms with E-state index in [2.05, 4.69) is 5.10 Å². The number of carbonyl (C=O) groups excluding carboxylic acids is 1. The van der Waals surface area contributed by atoms with Crippen molar-refractivity contribution in [3.05, 3.63) is 68.7 Å². The van der Waals surface area contributed by atoms with Crippen LogP contribution in [-0.2, 0) is 0 Å². The molecule has 128 valence electrons. The molecule has 0 aliphatic heterocycles. The molecule has 0 N–H and O–H groups in total. The molecule has 25 heavy (non-hydrogen) atoms. The van der Waals surface area contributed by atoms with Gasteiger partial charge in [-0.05, 0) is 56.2 Å². The minimum Gasteiger partial charge on any atom is -0.293 e. The number of hydrogen-bond donors (Lipinski definition) is 0. The van der Waals surface area contributed by atoms with Crippen LogP contribution >= 0.6 is 35.3 Å². The van der Waals surface area contributed by atoms with E-state index in [1.165, 1.54) is 23.1 Å². The van der Waals surface area contributed by atoms with Gasteiger partial charge in [0.1, 0.15) is 0 Å². The standard InChI is InChI=1S/C19H18N2OS3/c1-12-8-9-13(2)15(10-12)17(22)11-24-18-20-21(19(23)25-18)16-7-5-4-6-14(16)3/h4-10H,11H2,1-3H3. The van der Waals surface area contributed by atoms with Gasteiger partial charge in [-0.1, -0.05) is 59.0 Å². The van der Waals surface area contributed by atoms with Gasteiger partial charge in [-0.25, -0.2) is 4.68 Å². The van der Waals surface area contributed by atoms with Crippen LogP contribution in [0.4, 0.5) is 0 Å². The fourth-order valence-electron chi connectivity index (χ4n) is 2.51. The molecule has 0 unspecified atom stereocenters. The van der Waals surface area contributed by atoms with Crippen LogP contribution in [0.5, 0.6) is 0 Å². The second-order valence-corrected chi connectivity index (χ2v) is 8.71. The summed E-state index contributed by atoms with van der Waals surface area (Å²) in [7, 11) is 0. The van der Waals surface area contributed by atoms with Crippen molar-refractivity contribution in [3.63, 3.8) is 0 Å². The highest BCUT2D eigenvalue weighted by Gasteiger charge is 2.13. The van der Waals surface area contributed by atoms with Crippen LogP contribution in [0.3, 0.4) is 0 Å². The van der Waals surface area contributed by atoms with Gasteiger partial charge in [0.15, 0.2) is 14.1 Å². The Morgan fingerprint density at radius 3 is 2.68 bits per heavy atom. The van der Waals surface area contributed by atoms with E-state index in [9.17, 15) is 4.79 Å². The van der Waals surface area contributed by atoms with Gasteiger partial charge in [0.2, 0.25) is 0 Å². The molecular weight excluding hydrogens is 368 g/mol. The number of aryl methyl sites for hydroxylation is 3. The van der Waals surface area contributed by atoms with E-state index >= 15 is 0 Å². The maximum atomic E-state index is 12.5. The van der Waals surface area contributed by atoms with E-state index in [4.69, 9.17) is 12.2 Å². The highest BCUT2D eigenvalue weighted by Crippen LogP contribution is 2.26. The van der Waals surface area contributed by atoms with Crippen LogP contribution in [0.2, 0.25) is 0 Å². The monoisotopic (exact) mass is 386 g/mol. The van der Waals surface area contributed by atoms with Crippen LogP contribution in [-0.4, -0.2) is 21.3 Å². The average molecular weight is 387 g/mol. The minimum absolute atomic E-state index is 0.120. The molecule has 6 heteroatoms. The van der Waals surface area contributed by atoms with E-state index in [-0.39, 0.29) is 5.78 Å². The molecule has 0 spiro atoms. The van der Waals surface area contributed by atoms with Crippen molar-refractivity contribution in [2.45, 2.75) is 25.1 Å². The van der Waals surface area contributed by atoms with Crippen LogP contribution in [0, 0.1) is 24.7 Å². The zero-order chi connectivity index (χ0) is 18.0. The zero-order valence-electron chi connectivity index (χ0n) is 14.3. The summed E-state index contributed by atoms with van der Waals surface area (Å²) < 4.78 is 3.28. The molecule has 0 bridgehead atoms. The molecule has 0 atom stereocenters. The third-order valence-corrected chi connectivity index (χ3v) is 6.26. The van der Waals surface area contributed by atoms with Crippen molar-refractivity contribution < 1.29 is 4.79 Å². The third-order valence-electron chi connectivity index (χ3n) is 3.89. The molecule has 0 fully saturated rings. The SMILES string of the molecule is Cc1ccc(C)c(C(=O)CSc2nn(-c3ccccc3C)c(=S)s2)c1. The fourth-order valence-corrected chi connectivity index (χ4v) is 4.74. The number of Topliss-reactive ketones (excluding diaryl/α,β-unsaturated/α-hetero) is 1. The Labute approximate surface area is 160 Å². The molecule has 0 amide bonds. The first-order valence-corrected chi connectivity index (χ1v) is 10.1. The van der Waals surface area contributed by atoms with Gasteiger partial charge in [-0.2, -0.15) is 0 Å². The van der Waals surface area contributed by atoms with Crippen molar-refractivity contribution in [1.29, 1.82) is 0 Å². The Morgan fingerprint density at radius 2 is 1.92 bits per heavy atom. The van der Waals surface area contributed by atoms with Crippen LogP contribution in [0.1, 0.15) is 27.0 Å². The quantitative estimate of drug-likeness (QED) is 0.326. The number of rotatable bonds is 5. The first kappa shape index (κ1) is 18.0. The second-order valence-electron chi connectivity index (χ2n) is 5.86. The fraction of sp³-hybridized carbons (Fsp3) is 0.211. The maximum absolute atomic E-state index is 12.5. The molecule has 1 aromatic heterocycles. The Bertz CT molecular complexity index is 988. The molecule has 1 heterocycles. The number of aromatic nitrogens is 2. The van der Waals surface area contributed by atoms with Gasteiger partial charge in [0.05, 0.1) is 11.4 Å². The summed E-state index contributed by atoms with van der Waals surface area (Å²) >= 11 is 8.33. The normalized spacial score (nSPS) is 10.8. The highest BCUT2D eigenvalue weighted by atomic mass is 32.2. The Hall–Kier alpha value is -1.76. The summed E-state index contributed by atoms with van der Waals surface area (Å²) in [4.78, 5) is 12.5. The number of carbonyl (C=O) groups is 1. The zero-order valence-corrected chi connectivity index (χ0v) is 16.7. The molecule has 0 saturated carbocycles. The molecule has 0 aliphatic carbocycles. The van der Waals surface area contributed by atoms with Crippen molar-refractivity contribution in [2.24, 2.45) is 0 Å². The number of nitrogens with zero attached hydrogens (tertiary/aromatic N) is 2. The third kappa shape index (κ3) is 4.08. The second kappa shape index (κ2) is 7.64. The largest absolute Gasteiger partial charge is 0.293 e. The van der Waals surface area contributed by atoms with E-state index in [1.807, 2.05) is 63.2 Å². The van der Waals surface area contributed by atoms with Gasteiger partial charge in [-0.3, -0.25) is 4.79 Å². The average Bonchev–Trinajstić information content (AvgIpc) is 2.96. The smallest absolute Gasteiger partial charge is 0.184 e. The summed E-state index contributed by atoms with van der Waals surface area (Å²) in [6.07, 6.45) is 0. The van der Waals surface area contributed by atoms with Gasteiger partial charge < -0.3 is 0 Å². The number of ketones is 1. The molecule has 3 rings (SSSR count). The topological polar surface area (TPSA) is 34.9 Å². The van der Waals surface area contributed by atoms with E-state index in [0.717, 1.165) is 32.3 Å². The summed E-state index contributed by atoms with van der Waals surface area (Å²) in [6, 6.07) is 14.0. The lowest BCUT2D eigenvalue weighted by Crippen LogP contribution is -2.05. The predicted octanol–water partition coefficient (Wildman–Crippen LogP) is 5.56. The molecule has 0 saturated heterocycles. The van der Waals surface area contributed by atoms with Gasteiger partial charge in [0.25, 0.3) is 0 Å². The van der Waals surface area contributed by atoms with Gasteiger partial charge in [0, 0.05) is 5.56 Å². The van der Waals surface area contributed by atoms with Crippen LogP contribution in [0.15, 0.2) is 46.8 Å². The van der Waals surface area contributed by atoms with Gasteiger partial charge in [-0.15, -0.1) is 5.10 Å². The first-order valence-electron chi connectivity index (χ1n) is 7.85. The molecule has 3 nitrogen and oxygen atoms in total. The van der Waals surface area contributed by atoms with E-state index in [0.29, 0.717) is 9.71 Å². The number of hydrogen-bond acceptors (Lipinski definition) is 5. The van der Waals surface area contributed by atoms with Crippen molar-refractivity contribution >= 4 is 41.1 Å². The summed E-state index contributed by atoms with van der Waals surface area (Å²) in [5.74, 6) is 0.482. The molecular formula is C19H18N2OS3. The van der Waals surface area contributed by atoms with Gasteiger partial charge >= 0.3 is 0 Å². The lowest BCUT2D eigenvalue weighted by Gasteiger charge is -2.05. The van der Waals surface area contributed by atoms with Crippen LogP contribution < -0.4 is 0 Å². The van der Waals surface area contributed by atoms with E-state index in [1.54, 1.807) is 4.68 Å². The molecule has 0 radical (unpaired) electrons. The molecule has 3 aromatic rings. The summed E-state index contributed by atoms with van der Waals surface area (Å²) in [5.41, 5.74) is 4.99. The highest BCUT2D eigenvalue weighted by molar-refractivity contribution is 8.01. The Kier molecular flexibility index (Phi) is 5.51. The van der Waals surface area contributed by atoms with Crippen molar-refractivity contribution in [1.82, 2.24) is 9.78 Å². The Morgan fingerprint density at radius 1 is 1.16 bits per heavy atom. The lowest BCUT2D eigenvalue weighted by atomic mass is 10.0. The first-order chi connectivity index (χ1) is 12.0. The summed E-state index contributed by atoms with van der Waals surface area (Å²) in [5, 5.41) is 4.59. The Balaban J connectivity index is 1.78. The number of benzene rings is 2. The lowest BCUT2D eigenvalue weighted by molar-refractivity contribution is 0.102. The maximum Gasteiger partial charge on any atom is 0.184 e. The molecule has 0 aliphatic rings. The minimum atomic E-state index is 0.120. The van der Waals surface area contributed by atoms with E-state index < -0.39 is 0 Å². The summed E-state index contributed by atoms with van der Waals surface area (Å²) in [6.45, 7) is 6.00. The van der Waals surface area contributed by atoms with Crippen molar-refractivity contribution in [2.75, 3.05) is 5.75 Å².